The summed E-state index contributed by atoms with van der Waals surface area (Å²) >= 11 is 3.40. The van der Waals surface area contributed by atoms with Gasteiger partial charge in [0.15, 0.2) is 0 Å². The van der Waals surface area contributed by atoms with Gasteiger partial charge in [0.25, 0.3) is 5.91 Å². The normalized spacial score (nSPS) is 17.4. The van der Waals surface area contributed by atoms with Gasteiger partial charge in [-0.25, -0.2) is 22.8 Å². The molecule has 202 valence electrons. The van der Waals surface area contributed by atoms with Gasteiger partial charge in [0, 0.05) is 53.4 Å². The van der Waals surface area contributed by atoms with Crippen LogP contribution in [0.2, 0.25) is 0 Å². The van der Waals surface area contributed by atoms with Crippen molar-refractivity contribution in [2.75, 3.05) is 29.6 Å². The van der Waals surface area contributed by atoms with E-state index in [0.29, 0.717) is 28.1 Å². The van der Waals surface area contributed by atoms with Gasteiger partial charge >= 0.3 is 6.09 Å². The number of halogens is 3. The van der Waals surface area contributed by atoms with Crippen molar-refractivity contribution in [3.8, 4) is 0 Å². The van der Waals surface area contributed by atoms with Gasteiger partial charge in [0.2, 0.25) is 5.92 Å². The summed E-state index contributed by atoms with van der Waals surface area (Å²) < 4.78 is 50.5. The highest BCUT2D eigenvalue weighted by atomic mass is 79.9. The molecule has 0 radical (unpaired) electrons. The zero-order valence-electron chi connectivity index (χ0n) is 21.4. The van der Waals surface area contributed by atoms with E-state index in [1.54, 1.807) is 57.0 Å². The topological polar surface area (TPSA) is 101 Å². The minimum absolute atomic E-state index is 0.0703. The number of carbonyl (C=O) groups is 2. The highest BCUT2D eigenvalue weighted by Crippen LogP contribution is 2.33. The summed E-state index contributed by atoms with van der Waals surface area (Å²) in [6.45, 7) is 7.20. The molecule has 2 aromatic rings. The van der Waals surface area contributed by atoms with Crippen LogP contribution in [-0.4, -0.2) is 52.1 Å². The first-order valence-electron chi connectivity index (χ1n) is 11.7. The number of ether oxygens (including phenoxy) is 1. The highest BCUT2D eigenvalue weighted by molar-refractivity contribution is 9.10. The number of rotatable bonds is 4. The molecule has 1 saturated heterocycles. The molecule has 0 aliphatic carbocycles. The molecule has 37 heavy (non-hydrogen) atoms. The number of carbonyl (C=O) groups excluding carboxylic acids is 2. The van der Waals surface area contributed by atoms with Gasteiger partial charge in [-0.05, 0) is 73.8 Å². The fourth-order valence-corrected chi connectivity index (χ4v) is 5.24. The molecule has 0 saturated carbocycles. The molecule has 12 heteroatoms. The Labute approximate surface area is 224 Å². The van der Waals surface area contributed by atoms with Gasteiger partial charge in [0.1, 0.15) is 11.4 Å². The van der Waals surface area contributed by atoms with E-state index in [4.69, 9.17) is 4.74 Å². The standard InChI is InChI=1S/C25H31BrF2N4O4S/c1-16-19(26)15-29-21(32-12-7-10-25(27,28)11-13-32)20(16)22(33)30-17-8-6-9-18(14-17)37(5,35)31-23(34)36-24(2,3)4/h6,8-9,14-15H,7,10-13H2,1-5H3,(H,30,33)/t37-/m1/s1. The largest absolute Gasteiger partial charge is 0.442 e. The molecule has 1 fully saturated rings. The van der Waals surface area contributed by atoms with Crippen LogP contribution in [-0.2, 0) is 14.5 Å². The SMILES string of the molecule is Cc1c(Br)cnc(N2CCCC(F)(F)CC2)c1C(=O)Nc1cccc([S@@](C)(=O)=NC(=O)OC(C)(C)C)c1. The van der Waals surface area contributed by atoms with E-state index in [2.05, 4.69) is 30.6 Å². The zero-order chi connectivity index (χ0) is 27.6. The number of alkyl halides is 2. The van der Waals surface area contributed by atoms with Gasteiger partial charge in [-0.1, -0.05) is 6.07 Å². The van der Waals surface area contributed by atoms with Crippen LogP contribution < -0.4 is 10.2 Å². The zero-order valence-corrected chi connectivity index (χ0v) is 23.8. The number of nitrogens with zero attached hydrogens (tertiary/aromatic N) is 3. The van der Waals surface area contributed by atoms with Crippen LogP contribution in [0.4, 0.5) is 25.1 Å². The smallest absolute Gasteiger partial charge is 0.442 e. The maximum absolute atomic E-state index is 13.9. The number of benzene rings is 1. The third-order valence-corrected chi connectivity index (χ3v) is 8.10. The Bertz CT molecular complexity index is 1320. The van der Waals surface area contributed by atoms with Crippen molar-refractivity contribution < 1.29 is 27.3 Å². The monoisotopic (exact) mass is 600 g/mol. The summed E-state index contributed by atoms with van der Waals surface area (Å²) in [6.07, 6.45) is 1.66. The fraction of sp³-hybridized carbons (Fsp3) is 0.480. The van der Waals surface area contributed by atoms with Crippen LogP contribution in [0, 0.1) is 6.92 Å². The fourth-order valence-electron chi connectivity index (χ4n) is 3.83. The molecule has 1 aromatic carbocycles. The van der Waals surface area contributed by atoms with E-state index >= 15 is 0 Å². The van der Waals surface area contributed by atoms with Gasteiger partial charge in [-0.3, -0.25) is 4.79 Å². The Kier molecular flexibility index (Phi) is 8.63. The lowest BCUT2D eigenvalue weighted by Gasteiger charge is -2.25. The molecule has 3 rings (SSSR count). The predicted octanol–water partition coefficient (Wildman–Crippen LogP) is 6.42. The third-order valence-electron chi connectivity index (χ3n) is 5.67. The van der Waals surface area contributed by atoms with Crippen LogP contribution in [0.5, 0.6) is 0 Å². The lowest BCUT2D eigenvalue weighted by atomic mass is 10.1. The molecule has 1 atom stereocenters. The summed E-state index contributed by atoms with van der Waals surface area (Å²) in [6, 6.07) is 6.21. The molecule has 1 aromatic heterocycles. The predicted molar refractivity (Wildman–Crippen MR) is 143 cm³/mol. The van der Waals surface area contributed by atoms with E-state index in [1.165, 1.54) is 12.3 Å². The first-order chi connectivity index (χ1) is 17.1. The van der Waals surface area contributed by atoms with E-state index < -0.39 is 33.3 Å². The maximum atomic E-state index is 13.9. The summed E-state index contributed by atoms with van der Waals surface area (Å²) in [5.74, 6) is -2.92. The van der Waals surface area contributed by atoms with Crippen molar-refractivity contribution >= 4 is 49.2 Å². The second kappa shape index (κ2) is 11.0. The lowest BCUT2D eigenvalue weighted by molar-refractivity contribution is -0.0102. The molecule has 2 heterocycles. The van der Waals surface area contributed by atoms with Crippen molar-refractivity contribution in [2.24, 2.45) is 4.36 Å². The third kappa shape index (κ3) is 7.70. The van der Waals surface area contributed by atoms with Gasteiger partial charge in [-0.15, -0.1) is 4.36 Å². The summed E-state index contributed by atoms with van der Waals surface area (Å²) in [5, 5.41) is 2.78. The van der Waals surface area contributed by atoms with Crippen molar-refractivity contribution in [2.45, 2.75) is 63.4 Å². The van der Waals surface area contributed by atoms with Crippen molar-refractivity contribution in [3.05, 3.63) is 46.1 Å². The molecule has 0 unspecified atom stereocenters. The first-order valence-corrected chi connectivity index (χ1v) is 14.4. The average molecular weight is 602 g/mol. The Balaban J connectivity index is 1.91. The first kappa shape index (κ1) is 29.0. The van der Waals surface area contributed by atoms with Crippen molar-refractivity contribution in [3.63, 3.8) is 0 Å². The van der Waals surface area contributed by atoms with Crippen LogP contribution in [0.15, 0.2) is 44.2 Å². The number of aromatic nitrogens is 1. The van der Waals surface area contributed by atoms with E-state index in [0.717, 1.165) is 0 Å². The Morgan fingerprint density at radius 2 is 1.95 bits per heavy atom. The molecule has 0 spiro atoms. The van der Waals surface area contributed by atoms with Gasteiger partial charge < -0.3 is 15.0 Å². The van der Waals surface area contributed by atoms with Crippen LogP contribution in [0.1, 0.15) is 56.0 Å². The van der Waals surface area contributed by atoms with E-state index in [1.807, 2.05) is 0 Å². The van der Waals surface area contributed by atoms with E-state index in [-0.39, 0.29) is 36.3 Å². The van der Waals surface area contributed by atoms with Crippen LogP contribution in [0.3, 0.4) is 0 Å². The number of hydrogen-bond acceptors (Lipinski definition) is 6. The molecular weight excluding hydrogens is 570 g/mol. The van der Waals surface area contributed by atoms with Gasteiger partial charge in [0.05, 0.1) is 15.3 Å². The van der Waals surface area contributed by atoms with Crippen molar-refractivity contribution in [1.29, 1.82) is 0 Å². The number of anilines is 2. The summed E-state index contributed by atoms with van der Waals surface area (Å²) in [4.78, 5) is 31.9. The lowest BCUT2D eigenvalue weighted by Crippen LogP contribution is -2.30. The highest BCUT2D eigenvalue weighted by Gasteiger charge is 2.33. The molecule has 1 aliphatic heterocycles. The molecule has 1 aliphatic rings. The second-order valence-corrected chi connectivity index (χ2v) is 13.1. The molecule has 1 N–H and O–H groups in total. The number of nitrogens with one attached hydrogen (secondary N) is 1. The average Bonchev–Trinajstić information content (AvgIpc) is 2.94. The van der Waals surface area contributed by atoms with Crippen LogP contribution >= 0.6 is 15.9 Å². The maximum Gasteiger partial charge on any atom is 0.442 e. The Morgan fingerprint density at radius 1 is 1.24 bits per heavy atom. The van der Waals surface area contributed by atoms with E-state index in [9.17, 15) is 22.6 Å². The molecular formula is C25H31BrF2N4O4S. The van der Waals surface area contributed by atoms with Gasteiger partial charge in [-0.2, -0.15) is 0 Å². The van der Waals surface area contributed by atoms with Crippen molar-refractivity contribution in [1.82, 2.24) is 4.98 Å². The number of amides is 2. The molecule has 8 nitrogen and oxygen atoms in total. The minimum atomic E-state index is -3.16. The Hall–Kier alpha value is -2.60. The molecule has 2 amide bonds. The number of pyridine rings is 1. The summed E-state index contributed by atoms with van der Waals surface area (Å²) in [5.41, 5.74) is 0.390. The van der Waals surface area contributed by atoms with Crippen LogP contribution in [0.25, 0.3) is 0 Å². The minimum Gasteiger partial charge on any atom is -0.442 e. The Morgan fingerprint density at radius 3 is 2.62 bits per heavy atom. The molecule has 0 bridgehead atoms. The second-order valence-electron chi connectivity index (χ2n) is 9.98. The summed E-state index contributed by atoms with van der Waals surface area (Å²) in [7, 11) is -3.16. The number of hydrogen-bond donors (Lipinski definition) is 1. The quantitative estimate of drug-likeness (QED) is 0.434.